The SMILES string of the molecule is NCCc1[nH]nc(-c2ccc(Cl)s2)c1Br. The molecular formula is C9H9BrClN3S. The molecule has 0 saturated heterocycles. The Kier molecular flexibility index (Phi) is 3.45. The van der Waals surface area contributed by atoms with Gasteiger partial charge in [0.25, 0.3) is 0 Å². The smallest absolute Gasteiger partial charge is 0.117 e. The number of nitrogens with two attached hydrogens (primary N) is 1. The van der Waals surface area contributed by atoms with Gasteiger partial charge in [-0.05, 0) is 34.6 Å². The second-order valence-corrected chi connectivity index (χ2v) is 5.52. The van der Waals surface area contributed by atoms with Gasteiger partial charge in [-0.25, -0.2) is 0 Å². The summed E-state index contributed by atoms with van der Waals surface area (Å²) in [7, 11) is 0. The zero-order chi connectivity index (χ0) is 10.8. The van der Waals surface area contributed by atoms with Gasteiger partial charge >= 0.3 is 0 Å². The predicted octanol–water partition coefficient (Wildman–Crippen LogP) is 3.06. The van der Waals surface area contributed by atoms with Crippen LogP contribution in [0.25, 0.3) is 10.6 Å². The largest absolute Gasteiger partial charge is 0.330 e. The lowest BCUT2D eigenvalue weighted by Gasteiger charge is -1.94. The van der Waals surface area contributed by atoms with Crippen LogP contribution in [0.4, 0.5) is 0 Å². The van der Waals surface area contributed by atoms with Crippen molar-refractivity contribution in [3.8, 4) is 10.6 Å². The first-order valence-electron chi connectivity index (χ1n) is 4.41. The topological polar surface area (TPSA) is 54.7 Å². The van der Waals surface area contributed by atoms with Crippen LogP contribution in [0.1, 0.15) is 5.69 Å². The molecule has 80 valence electrons. The molecule has 2 aromatic rings. The van der Waals surface area contributed by atoms with E-state index in [1.165, 1.54) is 11.3 Å². The molecule has 0 radical (unpaired) electrons. The number of rotatable bonds is 3. The average molecular weight is 307 g/mol. The van der Waals surface area contributed by atoms with E-state index >= 15 is 0 Å². The van der Waals surface area contributed by atoms with Crippen molar-refractivity contribution in [2.75, 3.05) is 6.54 Å². The third-order valence-corrected chi connectivity index (χ3v) is 4.07. The van der Waals surface area contributed by atoms with Crippen LogP contribution in [0.3, 0.4) is 0 Å². The molecule has 2 heterocycles. The van der Waals surface area contributed by atoms with E-state index in [9.17, 15) is 0 Å². The predicted molar refractivity (Wildman–Crippen MR) is 67.4 cm³/mol. The van der Waals surface area contributed by atoms with Crippen molar-refractivity contribution in [1.29, 1.82) is 0 Å². The molecule has 0 saturated carbocycles. The molecule has 3 N–H and O–H groups in total. The van der Waals surface area contributed by atoms with Crippen molar-refractivity contribution in [1.82, 2.24) is 10.2 Å². The fraction of sp³-hybridized carbons (Fsp3) is 0.222. The maximum atomic E-state index is 5.88. The Morgan fingerprint density at radius 1 is 1.53 bits per heavy atom. The number of nitrogens with zero attached hydrogens (tertiary/aromatic N) is 1. The number of aromatic nitrogens is 2. The summed E-state index contributed by atoms with van der Waals surface area (Å²) in [5.74, 6) is 0. The van der Waals surface area contributed by atoms with Gasteiger partial charge in [-0.15, -0.1) is 11.3 Å². The Morgan fingerprint density at radius 3 is 2.93 bits per heavy atom. The van der Waals surface area contributed by atoms with Crippen LogP contribution in [0.5, 0.6) is 0 Å². The monoisotopic (exact) mass is 305 g/mol. The van der Waals surface area contributed by atoms with E-state index in [1.807, 2.05) is 12.1 Å². The van der Waals surface area contributed by atoms with Crippen LogP contribution in [0.15, 0.2) is 16.6 Å². The van der Waals surface area contributed by atoms with Crippen LogP contribution in [0, 0.1) is 0 Å². The van der Waals surface area contributed by atoms with Crippen molar-refractivity contribution in [3.05, 3.63) is 26.6 Å². The lowest BCUT2D eigenvalue weighted by atomic mass is 10.2. The molecule has 0 unspecified atom stereocenters. The summed E-state index contributed by atoms with van der Waals surface area (Å²) < 4.78 is 1.74. The maximum Gasteiger partial charge on any atom is 0.117 e. The van der Waals surface area contributed by atoms with Crippen molar-refractivity contribution in [2.45, 2.75) is 6.42 Å². The van der Waals surface area contributed by atoms with Crippen molar-refractivity contribution in [3.63, 3.8) is 0 Å². The highest BCUT2D eigenvalue weighted by Gasteiger charge is 2.13. The summed E-state index contributed by atoms with van der Waals surface area (Å²) in [5.41, 5.74) is 7.42. The molecule has 0 atom stereocenters. The van der Waals surface area contributed by atoms with Gasteiger partial charge in [-0.3, -0.25) is 5.10 Å². The summed E-state index contributed by atoms with van der Waals surface area (Å²) in [5, 5.41) is 7.21. The van der Waals surface area contributed by atoms with Crippen LogP contribution < -0.4 is 5.73 Å². The fourth-order valence-corrected chi connectivity index (χ4v) is 3.04. The number of halogens is 2. The average Bonchev–Trinajstić information content (AvgIpc) is 2.76. The molecule has 0 aliphatic heterocycles. The summed E-state index contributed by atoms with van der Waals surface area (Å²) in [6, 6.07) is 3.82. The molecule has 0 aliphatic carbocycles. The third-order valence-electron chi connectivity index (χ3n) is 1.98. The normalized spacial score (nSPS) is 10.9. The Hall–Kier alpha value is -0.360. The molecule has 0 aromatic carbocycles. The van der Waals surface area contributed by atoms with E-state index in [2.05, 4.69) is 26.1 Å². The number of H-pyrrole nitrogens is 1. The van der Waals surface area contributed by atoms with E-state index in [4.69, 9.17) is 17.3 Å². The second kappa shape index (κ2) is 4.65. The molecule has 0 aliphatic rings. The number of aromatic amines is 1. The molecular weight excluding hydrogens is 298 g/mol. The highest BCUT2D eigenvalue weighted by Crippen LogP contribution is 2.35. The molecule has 6 heteroatoms. The summed E-state index contributed by atoms with van der Waals surface area (Å²) >= 11 is 10.9. The van der Waals surface area contributed by atoms with Gasteiger partial charge in [0.05, 0.1) is 19.4 Å². The van der Waals surface area contributed by atoms with Crippen LogP contribution in [-0.2, 0) is 6.42 Å². The highest BCUT2D eigenvalue weighted by molar-refractivity contribution is 9.10. The van der Waals surface area contributed by atoms with Gasteiger partial charge in [0, 0.05) is 6.42 Å². The molecule has 0 spiro atoms. The molecule has 0 fully saturated rings. The summed E-state index contributed by atoms with van der Waals surface area (Å²) in [6.07, 6.45) is 0.784. The van der Waals surface area contributed by atoms with Crippen LogP contribution >= 0.6 is 38.9 Å². The van der Waals surface area contributed by atoms with Gasteiger partial charge in [0.2, 0.25) is 0 Å². The zero-order valence-corrected chi connectivity index (χ0v) is 10.9. The van der Waals surface area contributed by atoms with E-state index in [1.54, 1.807) is 0 Å². The minimum Gasteiger partial charge on any atom is -0.330 e. The maximum absolute atomic E-state index is 5.88. The van der Waals surface area contributed by atoms with Gasteiger partial charge in [-0.1, -0.05) is 11.6 Å². The molecule has 0 amide bonds. The first kappa shape index (κ1) is 11.1. The van der Waals surface area contributed by atoms with Gasteiger partial charge in [0.15, 0.2) is 0 Å². The molecule has 3 nitrogen and oxygen atoms in total. The summed E-state index contributed by atoms with van der Waals surface area (Å²) in [4.78, 5) is 1.05. The van der Waals surface area contributed by atoms with Crippen LogP contribution in [0.2, 0.25) is 4.34 Å². The Morgan fingerprint density at radius 2 is 2.33 bits per heavy atom. The Balaban J connectivity index is 2.37. The van der Waals surface area contributed by atoms with E-state index in [-0.39, 0.29) is 0 Å². The van der Waals surface area contributed by atoms with Gasteiger partial charge in [-0.2, -0.15) is 5.10 Å². The molecule has 2 rings (SSSR count). The van der Waals surface area contributed by atoms with Crippen molar-refractivity contribution in [2.24, 2.45) is 5.73 Å². The van der Waals surface area contributed by atoms with Gasteiger partial charge < -0.3 is 5.73 Å². The molecule has 0 bridgehead atoms. The minimum absolute atomic E-state index is 0.603. The van der Waals surface area contributed by atoms with E-state index in [0.717, 1.165) is 31.5 Å². The number of nitrogens with one attached hydrogen (secondary N) is 1. The quantitative estimate of drug-likeness (QED) is 0.915. The molecule has 15 heavy (non-hydrogen) atoms. The second-order valence-electron chi connectivity index (χ2n) is 3.01. The van der Waals surface area contributed by atoms with Crippen molar-refractivity contribution < 1.29 is 0 Å². The third kappa shape index (κ3) is 2.25. The minimum atomic E-state index is 0.603. The standard InChI is InChI=1S/C9H9BrClN3S/c10-8-5(3-4-12)13-14-9(8)6-1-2-7(11)15-6/h1-2H,3-4,12H2,(H,13,14). The fourth-order valence-electron chi connectivity index (χ4n) is 1.28. The van der Waals surface area contributed by atoms with E-state index in [0.29, 0.717) is 6.54 Å². The number of hydrogen-bond donors (Lipinski definition) is 2. The van der Waals surface area contributed by atoms with E-state index < -0.39 is 0 Å². The number of hydrogen-bond acceptors (Lipinski definition) is 3. The summed E-state index contributed by atoms with van der Waals surface area (Å²) in [6.45, 7) is 0.603. The lowest BCUT2D eigenvalue weighted by molar-refractivity contribution is 0.899. The lowest BCUT2D eigenvalue weighted by Crippen LogP contribution is -2.03. The molecule has 2 aromatic heterocycles. The van der Waals surface area contributed by atoms with Gasteiger partial charge in [0.1, 0.15) is 5.69 Å². The van der Waals surface area contributed by atoms with Crippen LogP contribution in [-0.4, -0.2) is 16.7 Å². The zero-order valence-electron chi connectivity index (χ0n) is 7.76. The van der Waals surface area contributed by atoms with Crippen molar-refractivity contribution >= 4 is 38.9 Å². The highest BCUT2D eigenvalue weighted by atomic mass is 79.9. The Labute approximate surface area is 105 Å². The number of thiophene rings is 1. The first-order valence-corrected chi connectivity index (χ1v) is 6.39. The Bertz CT molecular complexity index is 466. The first-order chi connectivity index (χ1) is 7.22.